The highest BCUT2D eigenvalue weighted by molar-refractivity contribution is 7.86. The van der Waals surface area contributed by atoms with Gasteiger partial charge in [0.25, 0.3) is 10.1 Å². The predicted molar refractivity (Wildman–Crippen MR) is 376 cm³/mol. The molecular formula is C82H108N4O11S. The molecule has 0 aromatic heterocycles. The Labute approximate surface area is 583 Å². The van der Waals surface area contributed by atoms with E-state index in [1.54, 1.807) is 39.5 Å². The number of nitrogens with zero attached hydrogens (tertiary/aromatic N) is 3. The average molecular weight is 1360 g/mol. The summed E-state index contributed by atoms with van der Waals surface area (Å²) in [4.78, 5) is 53.6. The first kappa shape index (κ1) is 70.0. The Kier molecular flexibility index (Phi) is 19.4. The molecule has 15 nitrogen and oxygen atoms in total. The number of nitrogens with one attached hydrogen (secondary N) is 1. The average Bonchev–Trinajstić information content (AvgIpc) is 1.37. The molecule has 9 aliphatic carbocycles. The number of methoxy groups -OCH3 is 3. The van der Waals surface area contributed by atoms with Crippen molar-refractivity contribution in [2.24, 2.45) is 104 Å². The molecule has 21 atom stereocenters. The minimum Gasteiger partial charge on any atom is -0.497 e. The van der Waals surface area contributed by atoms with Gasteiger partial charge in [-0.15, -0.1) is 0 Å². The Balaban J connectivity index is 0.000000137. The minimum atomic E-state index is -3.84. The second-order valence-electron chi connectivity index (χ2n) is 33.5. The summed E-state index contributed by atoms with van der Waals surface area (Å²) in [5.41, 5.74) is 2.89. The van der Waals surface area contributed by atoms with Crippen LogP contribution in [0.3, 0.4) is 0 Å². The summed E-state index contributed by atoms with van der Waals surface area (Å²) >= 11 is 0. The molecule has 3 aliphatic heterocycles. The fraction of sp³-hybridized carbons (Fsp3) is 0.646. The van der Waals surface area contributed by atoms with Crippen LogP contribution in [-0.2, 0) is 46.6 Å². The summed E-state index contributed by atoms with van der Waals surface area (Å²) in [7, 11) is 1.06. The van der Waals surface area contributed by atoms with Gasteiger partial charge in [-0.1, -0.05) is 84.0 Å². The lowest BCUT2D eigenvalue weighted by molar-refractivity contribution is -0.143. The van der Waals surface area contributed by atoms with Gasteiger partial charge in [0.15, 0.2) is 0 Å². The number of aliphatic carboxylic acids is 1. The van der Waals surface area contributed by atoms with Crippen molar-refractivity contribution in [2.75, 3.05) is 27.9 Å². The van der Waals surface area contributed by atoms with Gasteiger partial charge in [-0.25, -0.2) is 0 Å². The van der Waals surface area contributed by atoms with Crippen molar-refractivity contribution >= 4 is 33.8 Å². The summed E-state index contributed by atoms with van der Waals surface area (Å²) in [6, 6.07) is 25.7. The van der Waals surface area contributed by atoms with E-state index in [4.69, 9.17) is 18.4 Å². The second kappa shape index (κ2) is 27.2. The molecule has 9 fully saturated rings. The maximum Gasteiger partial charge on any atom is 0.303 e. The van der Waals surface area contributed by atoms with Gasteiger partial charge in [-0.05, 0) is 281 Å². The van der Waals surface area contributed by atoms with E-state index in [0.29, 0.717) is 90.4 Å². The van der Waals surface area contributed by atoms with Crippen LogP contribution < -0.4 is 19.5 Å². The van der Waals surface area contributed by atoms with Crippen LogP contribution in [0, 0.1) is 115 Å². The smallest absolute Gasteiger partial charge is 0.303 e. The summed E-state index contributed by atoms with van der Waals surface area (Å²) in [5, 5.41) is 21.8. The third-order valence-electron chi connectivity index (χ3n) is 29.8. The van der Waals surface area contributed by atoms with Crippen LogP contribution in [0.2, 0.25) is 0 Å². The SMILES string of the molecule is COc1ccc(CN2C(=O)C=C[C@]3(C)C4CC[C@]5(C)[C@@H](CC#N)CC[C@H]5C4CC[C@@H]23)cc1.COc1ccc(CN2C(=O)C=C[C@]3(C)C4CC[C@]5(C)[C@@H](COS(=O)(=O)c6ccc(OC)cc6)CC[C@H]5C4CC[C@@H]23)cc1.C[C@]12CCC3C(CC[C@H]4NC(=O)C=C[C@]34C)[C@@H]1CC[C@@H]2CC(=O)O. The van der Waals surface area contributed by atoms with E-state index in [1.165, 1.54) is 63.5 Å². The molecule has 0 bridgehead atoms. The molecule has 3 aromatic rings. The summed E-state index contributed by atoms with van der Waals surface area (Å²) in [6.45, 7) is 15.8. The molecule has 0 saturated heterocycles. The highest BCUT2D eigenvalue weighted by Gasteiger charge is 2.64. The normalized spacial score (nSPS) is 39.9. The van der Waals surface area contributed by atoms with Crippen molar-refractivity contribution in [3.8, 4) is 23.3 Å². The Morgan fingerprint density at radius 2 is 0.929 bits per heavy atom. The van der Waals surface area contributed by atoms with Crippen molar-refractivity contribution in [1.82, 2.24) is 15.1 Å². The number of ether oxygens (including phenoxy) is 3. The maximum absolute atomic E-state index is 13.2. The summed E-state index contributed by atoms with van der Waals surface area (Å²) in [5.74, 6) is 8.70. The number of rotatable bonds is 14. The van der Waals surface area contributed by atoms with Crippen molar-refractivity contribution in [3.63, 3.8) is 0 Å². The highest BCUT2D eigenvalue weighted by atomic mass is 32.2. The Morgan fingerprint density at radius 3 is 1.39 bits per heavy atom. The van der Waals surface area contributed by atoms with Gasteiger partial charge in [0, 0.05) is 60.3 Å². The van der Waals surface area contributed by atoms with Gasteiger partial charge in [-0.2, -0.15) is 13.7 Å². The summed E-state index contributed by atoms with van der Waals surface area (Å²) in [6.07, 6.45) is 33.5. The monoisotopic (exact) mass is 1360 g/mol. The standard InChI is InChI=1S/C34H43NO6S.C28H36N2O2.C20H29NO3/c1-33-19-17-30-28(29(33)15-7-24(33)22-41-42(37,38)27-12-10-26(40-4)11-13-27)14-16-31-34(30,2)20-18-32(36)35(31)21-23-5-8-25(39-3)9-6-23;1-27-15-12-24-22(23(27)10-6-20(27)14-17-29)9-11-25-28(24,2)16-13-26(31)30(25)18-19-4-7-21(32-3)8-5-19;1-19-9-7-15-13(14(19)5-3-12(19)11-18(23)24)4-6-16-20(15,2)10-8-17(22)21-16/h5-6,8-13,18,20,24,28-31H,7,14-17,19,21-22H2,1-4H3;4-5,7-8,13,16,20,22-25H,6,9-12,14-15,18H2,1-3H3;8,10,12-16H,3-7,9,11H2,1-2H3,(H,21,22)(H,23,24)/t24-,28?,29+,30?,31-,33-,34-;20-,22?,23+,24?,25-,27-,28-;12-,13?,14+,15?,16-,19-,20-/m111/s1. The van der Waals surface area contributed by atoms with Crippen LogP contribution in [0.15, 0.2) is 114 Å². The molecule has 3 heterocycles. The molecule has 98 heavy (non-hydrogen) atoms. The lowest BCUT2D eigenvalue weighted by Crippen LogP contribution is -2.60. The van der Waals surface area contributed by atoms with E-state index >= 15 is 0 Å². The van der Waals surface area contributed by atoms with Crippen LogP contribution in [0.5, 0.6) is 17.2 Å². The van der Waals surface area contributed by atoms with Crippen molar-refractivity contribution in [1.29, 1.82) is 5.26 Å². The fourth-order valence-electron chi connectivity index (χ4n) is 24.3. The van der Waals surface area contributed by atoms with Crippen LogP contribution in [0.4, 0.5) is 0 Å². The first-order chi connectivity index (χ1) is 46.8. The largest absolute Gasteiger partial charge is 0.497 e. The third-order valence-corrected chi connectivity index (χ3v) is 31.1. The van der Waals surface area contributed by atoms with Gasteiger partial charge in [0.05, 0.1) is 38.9 Å². The van der Waals surface area contributed by atoms with Crippen molar-refractivity contribution in [3.05, 3.63) is 120 Å². The number of fused-ring (bicyclic) bond motifs is 15. The highest BCUT2D eigenvalue weighted by Crippen LogP contribution is 2.69. The first-order valence-electron chi connectivity index (χ1n) is 37.2. The van der Waals surface area contributed by atoms with E-state index in [-0.39, 0.29) is 80.3 Å². The number of nitriles is 1. The molecule has 12 aliphatic rings. The van der Waals surface area contributed by atoms with Crippen LogP contribution in [0.25, 0.3) is 0 Å². The lowest BCUT2D eigenvalue weighted by atomic mass is 9.47. The molecule has 6 unspecified atom stereocenters. The minimum absolute atomic E-state index is 0.0396. The first-order valence-corrected chi connectivity index (χ1v) is 38.6. The zero-order valence-electron chi connectivity index (χ0n) is 59.6. The van der Waals surface area contributed by atoms with E-state index in [2.05, 4.69) is 105 Å². The van der Waals surface area contributed by atoms with Gasteiger partial charge in [0.1, 0.15) is 17.2 Å². The van der Waals surface area contributed by atoms with Gasteiger partial charge in [0.2, 0.25) is 17.7 Å². The van der Waals surface area contributed by atoms with E-state index in [1.807, 2.05) is 36.4 Å². The second-order valence-corrected chi connectivity index (χ2v) is 35.1. The molecule has 0 spiro atoms. The molecule has 16 heteroatoms. The number of carboxylic acids is 1. The van der Waals surface area contributed by atoms with Crippen molar-refractivity contribution < 1.29 is 51.1 Å². The number of amides is 3. The van der Waals surface area contributed by atoms with Crippen molar-refractivity contribution in [2.45, 2.75) is 206 Å². The van der Waals surface area contributed by atoms with Gasteiger partial charge < -0.3 is 34.4 Å². The molecule has 528 valence electrons. The molecule has 3 aromatic carbocycles. The molecule has 3 amide bonds. The van der Waals surface area contributed by atoms with Crippen LogP contribution in [0.1, 0.15) is 181 Å². The number of carbonyl (C=O) groups excluding carboxylic acids is 3. The number of hydrogen-bond donors (Lipinski definition) is 2. The van der Waals surface area contributed by atoms with Gasteiger partial charge in [-0.3, -0.25) is 23.4 Å². The zero-order chi connectivity index (χ0) is 69.3. The number of carbonyl (C=O) groups is 4. The Bertz CT molecular complexity index is 3720. The Morgan fingerprint density at radius 1 is 0.520 bits per heavy atom. The number of carboxylic acid groups (broad SMARTS) is 1. The molecule has 9 saturated carbocycles. The lowest BCUT2D eigenvalue weighted by Gasteiger charge is -2.60. The zero-order valence-corrected chi connectivity index (χ0v) is 60.4. The Hall–Kier alpha value is -6.44. The van der Waals surface area contributed by atoms with E-state index in [0.717, 1.165) is 98.7 Å². The van der Waals surface area contributed by atoms with E-state index < -0.39 is 16.1 Å². The third kappa shape index (κ3) is 12.3. The van der Waals surface area contributed by atoms with Crippen LogP contribution >= 0.6 is 0 Å². The number of benzene rings is 3. The van der Waals surface area contributed by atoms with Crippen LogP contribution in [-0.4, -0.2) is 93.1 Å². The molecule has 15 rings (SSSR count). The number of hydrogen-bond acceptors (Lipinski definition) is 11. The predicted octanol–water partition coefficient (Wildman–Crippen LogP) is 15.3. The quantitative estimate of drug-likeness (QED) is 0.145. The fourth-order valence-corrected chi connectivity index (χ4v) is 25.3. The maximum atomic E-state index is 13.2. The molecular weight excluding hydrogens is 1250 g/mol. The summed E-state index contributed by atoms with van der Waals surface area (Å²) < 4.78 is 47.5. The molecule has 2 N–H and O–H groups in total. The molecule has 0 radical (unpaired) electrons. The topological polar surface area (TPSA) is 202 Å². The van der Waals surface area contributed by atoms with E-state index in [9.17, 15) is 38.0 Å². The van der Waals surface area contributed by atoms with Gasteiger partial charge >= 0.3 is 5.97 Å².